The number of rotatable bonds is 5. The lowest BCUT2D eigenvalue weighted by Crippen LogP contribution is -2.23. The third kappa shape index (κ3) is 3.97. The second-order valence-electron chi connectivity index (χ2n) is 6.33. The minimum absolute atomic E-state index is 0.115. The Bertz CT molecular complexity index is 631. The summed E-state index contributed by atoms with van der Waals surface area (Å²) in [6.45, 7) is 0. The van der Waals surface area contributed by atoms with Gasteiger partial charge in [-0.2, -0.15) is 5.10 Å². The molecule has 0 saturated heterocycles. The van der Waals surface area contributed by atoms with E-state index in [2.05, 4.69) is 10.1 Å². The summed E-state index contributed by atoms with van der Waals surface area (Å²) in [5.41, 5.74) is 1.15. The van der Waals surface area contributed by atoms with Crippen molar-refractivity contribution in [3.8, 4) is 0 Å². The Labute approximate surface area is 136 Å². The molecule has 2 heterocycles. The van der Waals surface area contributed by atoms with Crippen molar-refractivity contribution < 1.29 is 9.90 Å². The van der Waals surface area contributed by atoms with Crippen LogP contribution in [-0.4, -0.2) is 25.8 Å². The molecule has 0 radical (unpaired) electrons. The van der Waals surface area contributed by atoms with Gasteiger partial charge in [0, 0.05) is 24.5 Å². The molecule has 1 aliphatic carbocycles. The molecule has 1 aliphatic rings. The van der Waals surface area contributed by atoms with E-state index in [-0.39, 0.29) is 11.7 Å². The molecule has 3 rings (SSSR count). The molecule has 1 atom stereocenters. The molecule has 2 aromatic heterocycles. The van der Waals surface area contributed by atoms with Gasteiger partial charge < -0.3 is 5.11 Å². The first-order chi connectivity index (χ1) is 11.2. The second kappa shape index (κ2) is 7.40. The number of hydrogen-bond acceptors (Lipinski definition) is 3. The number of carboxylic acids is 1. The lowest BCUT2D eigenvalue weighted by atomic mass is 9.89. The molecule has 0 aromatic carbocycles. The summed E-state index contributed by atoms with van der Waals surface area (Å²) in [4.78, 5) is 15.6. The fourth-order valence-corrected chi connectivity index (χ4v) is 3.54. The van der Waals surface area contributed by atoms with Crippen molar-refractivity contribution in [1.29, 1.82) is 0 Å². The van der Waals surface area contributed by atoms with E-state index in [1.165, 1.54) is 38.5 Å². The molecule has 5 heteroatoms. The van der Waals surface area contributed by atoms with E-state index in [1.54, 1.807) is 6.07 Å². The van der Waals surface area contributed by atoms with Crippen LogP contribution >= 0.6 is 0 Å². The summed E-state index contributed by atoms with van der Waals surface area (Å²) in [5, 5.41) is 13.4. The van der Waals surface area contributed by atoms with Crippen molar-refractivity contribution in [2.45, 2.75) is 51.0 Å². The Hall–Kier alpha value is -2.17. The van der Waals surface area contributed by atoms with Gasteiger partial charge in [0.15, 0.2) is 5.69 Å². The average Bonchev–Trinajstić information content (AvgIpc) is 2.90. The van der Waals surface area contributed by atoms with E-state index < -0.39 is 5.97 Å². The molecule has 5 nitrogen and oxygen atoms in total. The molecule has 0 bridgehead atoms. The fourth-order valence-electron chi connectivity index (χ4n) is 3.54. The SMILES string of the molecule is O=C(O)c1ccn(C(Cc2ccccn2)C2CCCCCC2)n1. The van der Waals surface area contributed by atoms with Crippen molar-refractivity contribution in [2.24, 2.45) is 5.92 Å². The number of carbonyl (C=O) groups is 1. The summed E-state index contributed by atoms with van der Waals surface area (Å²) in [5.74, 6) is -0.442. The van der Waals surface area contributed by atoms with Crippen LogP contribution in [0.3, 0.4) is 0 Å². The zero-order chi connectivity index (χ0) is 16.1. The molecule has 1 fully saturated rings. The van der Waals surface area contributed by atoms with Crippen molar-refractivity contribution in [3.05, 3.63) is 48.0 Å². The van der Waals surface area contributed by atoms with Crippen molar-refractivity contribution in [2.75, 3.05) is 0 Å². The molecule has 1 unspecified atom stereocenters. The number of aromatic carboxylic acids is 1. The van der Waals surface area contributed by atoms with Gasteiger partial charge in [-0.1, -0.05) is 31.7 Å². The number of nitrogens with zero attached hydrogens (tertiary/aromatic N) is 3. The third-order valence-electron chi connectivity index (χ3n) is 4.76. The van der Waals surface area contributed by atoms with Crippen LogP contribution in [0.5, 0.6) is 0 Å². The predicted octanol–water partition coefficient (Wildman–Crippen LogP) is 3.73. The Morgan fingerprint density at radius 1 is 1.22 bits per heavy atom. The van der Waals surface area contributed by atoms with Crippen LogP contribution in [0.15, 0.2) is 36.7 Å². The smallest absolute Gasteiger partial charge is 0.356 e. The largest absolute Gasteiger partial charge is 0.476 e. The van der Waals surface area contributed by atoms with Crippen LogP contribution in [-0.2, 0) is 6.42 Å². The first-order valence-corrected chi connectivity index (χ1v) is 8.42. The second-order valence-corrected chi connectivity index (χ2v) is 6.33. The normalized spacial score (nSPS) is 17.6. The molecule has 1 saturated carbocycles. The average molecular weight is 313 g/mol. The molecule has 23 heavy (non-hydrogen) atoms. The molecule has 122 valence electrons. The van der Waals surface area contributed by atoms with Gasteiger partial charge in [0.2, 0.25) is 0 Å². The van der Waals surface area contributed by atoms with Crippen molar-refractivity contribution in [3.63, 3.8) is 0 Å². The molecule has 0 aliphatic heterocycles. The molecule has 2 aromatic rings. The lowest BCUT2D eigenvalue weighted by Gasteiger charge is -2.26. The van der Waals surface area contributed by atoms with Gasteiger partial charge in [-0.3, -0.25) is 9.67 Å². The number of pyridine rings is 1. The summed E-state index contributed by atoms with van der Waals surface area (Å²) < 4.78 is 1.86. The number of carboxylic acid groups (broad SMARTS) is 1. The van der Waals surface area contributed by atoms with Crippen LogP contribution in [0.4, 0.5) is 0 Å². The first-order valence-electron chi connectivity index (χ1n) is 8.42. The van der Waals surface area contributed by atoms with Crippen molar-refractivity contribution >= 4 is 5.97 Å². The maximum absolute atomic E-state index is 11.1. The zero-order valence-electron chi connectivity index (χ0n) is 13.3. The minimum atomic E-state index is -0.971. The Morgan fingerprint density at radius 3 is 2.61 bits per heavy atom. The van der Waals surface area contributed by atoms with Gasteiger partial charge in [-0.15, -0.1) is 0 Å². The van der Waals surface area contributed by atoms with Gasteiger partial charge in [-0.05, 0) is 37.0 Å². The molecular weight excluding hydrogens is 290 g/mol. The standard InChI is InChI=1S/C18H23N3O2/c22-18(23)16-10-12-21(20-16)17(13-15-9-5-6-11-19-15)14-7-3-1-2-4-8-14/h5-6,9-12,14,17H,1-4,7-8,13H2,(H,22,23). The Balaban J connectivity index is 1.86. The van der Waals surface area contributed by atoms with E-state index in [4.69, 9.17) is 5.11 Å². The van der Waals surface area contributed by atoms with Crippen LogP contribution in [0.25, 0.3) is 0 Å². The topological polar surface area (TPSA) is 68.0 Å². The maximum atomic E-state index is 11.1. The molecule has 1 N–H and O–H groups in total. The van der Waals surface area contributed by atoms with E-state index in [9.17, 15) is 4.79 Å². The Morgan fingerprint density at radius 2 is 2.00 bits per heavy atom. The van der Waals surface area contributed by atoms with Gasteiger partial charge in [0.1, 0.15) is 0 Å². The maximum Gasteiger partial charge on any atom is 0.356 e. The molecule has 0 amide bonds. The van der Waals surface area contributed by atoms with E-state index in [0.717, 1.165) is 12.1 Å². The summed E-state index contributed by atoms with van der Waals surface area (Å²) in [6.07, 6.45) is 11.9. The fraction of sp³-hybridized carbons (Fsp3) is 0.500. The summed E-state index contributed by atoms with van der Waals surface area (Å²) in [6, 6.07) is 7.71. The first kappa shape index (κ1) is 15.7. The van der Waals surface area contributed by atoms with Gasteiger partial charge in [0.05, 0.1) is 6.04 Å². The van der Waals surface area contributed by atoms with Crippen molar-refractivity contribution in [1.82, 2.24) is 14.8 Å². The van der Waals surface area contributed by atoms with E-state index in [1.807, 2.05) is 35.3 Å². The van der Waals surface area contributed by atoms with Gasteiger partial charge in [0.25, 0.3) is 0 Å². The highest BCUT2D eigenvalue weighted by Gasteiger charge is 2.26. The van der Waals surface area contributed by atoms with Crippen LogP contribution < -0.4 is 0 Å². The minimum Gasteiger partial charge on any atom is -0.476 e. The lowest BCUT2D eigenvalue weighted by molar-refractivity contribution is 0.0688. The highest BCUT2D eigenvalue weighted by atomic mass is 16.4. The highest BCUT2D eigenvalue weighted by molar-refractivity contribution is 5.85. The van der Waals surface area contributed by atoms with Crippen LogP contribution in [0, 0.1) is 5.92 Å². The van der Waals surface area contributed by atoms with Crippen LogP contribution in [0.2, 0.25) is 0 Å². The van der Waals surface area contributed by atoms with Crippen LogP contribution in [0.1, 0.15) is 60.7 Å². The highest BCUT2D eigenvalue weighted by Crippen LogP contribution is 2.33. The molecular formula is C18H23N3O2. The van der Waals surface area contributed by atoms with E-state index in [0.29, 0.717) is 5.92 Å². The molecule has 0 spiro atoms. The zero-order valence-corrected chi connectivity index (χ0v) is 13.3. The Kier molecular flexibility index (Phi) is 5.05. The van der Waals surface area contributed by atoms with Gasteiger partial charge in [-0.25, -0.2) is 4.79 Å². The summed E-state index contributed by atoms with van der Waals surface area (Å²) in [7, 11) is 0. The number of hydrogen-bond donors (Lipinski definition) is 1. The predicted molar refractivity (Wildman–Crippen MR) is 87.4 cm³/mol. The van der Waals surface area contributed by atoms with E-state index >= 15 is 0 Å². The van der Waals surface area contributed by atoms with Gasteiger partial charge >= 0.3 is 5.97 Å². The monoisotopic (exact) mass is 313 g/mol. The quantitative estimate of drug-likeness (QED) is 0.854. The third-order valence-corrected chi connectivity index (χ3v) is 4.76. The number of aromatic nitrogens is 3. The summed E-state index contributed by atoms with van der Waals surface area (Å²) >= 11 is 0.